The standard InChI is InChI=1S/C28H24Cl3N5O3/c29-21-10-5-11-23(35-12-14-36(15-13-35)28(38)33-19-7-2-1-3-8-19)25(21)22-17-24(39-34-22)18-6-4-9-20(16-18)32-27(37)26(30)31/h1-11,16-17,26H,12-15H2,(H,32,37)(H,33,38). The zero-order valence-corrected chi connectivity index (χ0v) is 22.9. The maximum Gasteiger partial charge on any atom is 0.321 e. The lowest BCUT2D eigenvalue weighted by Crippen LogP contribution is -2.50. The predicted molar refractivity (Wildman–Crippen MR) is 156 cm³/mol. The van der Waals surface area contributed by atoms with Gasteiger partial charge in [0.25, 0.3) is 5.91 Å². The Labute approximate surface area is 240 Å². The summed E-state index contributed by atoms with van der Waals surface area (Å²) in [7, 11) is 0. The molecule has 2 N–H and O–H groups in total. The summed E-state index contributed by atoms with van der Waals surface area (Å²) < 4.78 is 5.66. The van der Waals surface area contributed by atoms with Gasteiger partial charge in [0.1, 0.15) is 5.69 Å². The number of benzene rings is 3. The number of nitrogens with one attached hydrogen (secondary N) is 2. The molecule has 0 unspecified atom stereocenters. The lowest BCUT2D eigenvalue weighted by molar-refractivity contribution is -0.114. The van der Waals surface area contributed by atoms with Gasteiger partial charge in [-0.15, -0.1) is 0 Å². The van der Waals surface area contributed by atoms with Crippen LogP contribution in [0, 0.1) is 0 Å². The van der Waals surface area contributed by atoms with Gasteiger partial charge in [0.2, 0.25) is 0 Å². The van der Waals surface area contributed by atoms with Gasteiger partial charge in [-0.1, -0.05) is 76.4 Å². The number of halogens is 3. The Morgan fingerprint density at radius 2 is 1.56 bits per heavy atom. The van der Waals surface area contributed by atoms with Crippen LogP contribution >= 0.6 is 34.8 Å². The van der Waals surface area contributed by atoms with Crippen LogP contribution in [0.15, 0.2) is 83.4 Å². The highest BCUT2D eigenvalue weighted by Crippen LogP contribution is 2.38. The Morgan fingerprint density at radius 1 is 0.846 bits per heavy atom. The van der Waals surface area contributed by atoms with Crippen molar-refractivity contribution in [3.8, 4) is 22.6 Å². The summed E-state index contributed by atoms with van der Waals surface area (Å²) in [6.45, 7) is 2.37. The van der Waals surface area contributed by atoms with E-state index < -0.39 is 10.7 Å². The molecule has 5 rings (SSSR count). The molecule has 11 heteroatoms. The molecule has 0 aliphatic carbocycles. The Bertz CT molecular complexity index is 1470. The number of urea groups is 1. The smallest absolute Gasteiger partial charge is 0.321 e. The Hall–Kier alpha value is -3.72. The van der Waals surface area contributed by atoms with Gasteiger partial charge in [-0.2, -0.15) is 0 Å². The van der Waals surface area contributed by atoms with E-state index in [2.05, 4.69) is 20.7 Å². The first-order valence-corrected chi connectivity index (χ1v) is 13.4. The number of amides is 3. The van der Waals surface area contributed by atoms with Crippen LogP contribution in [0.5, 0.6) is 0 Å². The quantitative estimate of drug-likeness (QED) is 0.245. The Balaban J connectivity index is 1.32. The second-order valence-corrected chi connectivity index (χ2v) is 10.4. The Morgan fingerprint density at radius 3 is 2.31 bits per heavy atom. The first-order chi connectivity index (χ1) is 18.9. The van der Waals surface area contributed by atoms with Gasteiger partial charge in [0.15, 0.2) is 10.6 Å². The van der Waals surface area contributed by atoms with E-state index in [1.807, 2.05) is 54.6 Å². The van der Waals surface area contributed by atoms with Crippen LogP contribution in [0.4, 0.5) is 21.9 Å². The monoisotopic (exact) mass is 583 g/mol. The summed E-state index contributed by atoms with van der Waals surface area (Å²) in [5.74, 6) is -0.0187. The third-order valence-electron chi connectivity index (χ3n) is 6.30. The number of nitrogens with zero attached hydrogens (tertiary/aromatic N) is 3. The number of rotatable bonds is 6. The molecule has 3 aromatic carbocycles. The molecule has 1 fully saturated rings. The van der Waals surface area contributed by atoms with E-state index in [0.29, 0.717) is 53.9 Å². The van der Waals surface area contributed by atoms with Crippen LogP contribution in [0.3, 0.4) is 0 Å². The van der Waals surface area contributed by atoms with E-state index in [1.54, 1.807) is 29.2 Å². The number of hydrogen-bond donors (Lipinski definition) is 2. The summed E-state index contributed by atoms with van der Waals surface area (Å²) in [6, 6.07) is 23.8. The van der Waals surface area contributed by atoms with Crippen LogP contribution in [0.25, 0.3) is 22.6 Å². The lowest BCUT2D eigenvalue weighted by Gasteiger charge is -2.37. The molecule has 0 bridgehead atoms. The van der Waals surface area contributed by atoms with Crippen molar-refractivity contribution < 1.29 is 14.1 Å². The molecule has 0 radical (unpaired) electrons. The number of carbonyl (C=O) groups is 2. The normalized spacial score (nSPS) is 13.4. The van der Waals surface area contributed by atoms with Gasteiger partial charge in [-0.3, -0.25) is 4.79 Å². The number of carbonyl (C=O) groups excluding carboxylic acids is 2. The largest absolute Gasteiger partial charge is 0.367 e. The van der Waals surface area contributed by atoms with E-state index in [1.165, 1.54) is 0 Å². The minimum atomic E-state index is -1.18. The lowest BCUT2D eigenvalue weighted by atomic mass is 10.1. The first-order valence-electron chi connectivity index (χ1n) is 12.2. The summed E-state index contributed by atoms with van der Waals surface area (Å²) >= 11 is 17.9. The molecule has 4 aromatic rings. The van der Waals surface area contributed by atoms with Crippen molar-refractivity contribution in [3.05, 3.63) is 83.9 Å². The molecule has 2 heterocycles. The summed E-state index contributed by atoms with van der Waals surface area (Å²) in [4.78, 5) is 27.4. The van der Waals surface area contributed by atoms with E-state index in [-0.39, 0.29) is 6.03 Å². The fourth-order valence-corrected chi connectivity index (χ4v) is 4.76. The summed E-state index contributed by atoms with van der Waals surface area (Å²) in [5, 5.41) is 10.4. The van der Waals surface area contributed by atoms with Gasteiger partial charge in [-0.25, -0.2) is 4.79 Å². The maximum atomic E-state index is 12.7. The minimum Gasteiger partial charge on any atom is -0.367 e. The number of piperazine rings is 1. The van der Waals surface area contributed by atoms with Gasteiger partial charge in [0, 0.05) is 60.4 Å². The molecular formula is C28H24Cl3N5O3. The van der Waals surface area contributed by atoms with Crippen LogP contribution in [0.2, 0.25) is 5.02 Å². The topological polar surface area (TPSA) is 90.7 Å². The van der Waals surface area contributed by atoms with Crippen molar-refractivity contribution in [3.63, 3.8) is 0 Å². The van der Waals surface area contributed by atoms with Crippen LogP contribution in [-0.4, -0.2) is 53.0 Å². The molecule has 0 atom stereocenters. The highest BCUT2D eigenvalue weighted by atomic mass is 35.5. The highest BCUT2D eigenvalue weighted by molar-refractivity contribution is 6.54. The second kappa shape index (κ2) is 12.0. The molecule has 39 heavy (non-hydrogen) atoms. The summed E-state index contributed by atoms with van der Waals surface area (Å²) in [5.41, 5.74) is 4.22. The minimum absolute atomic E-state index is 0.126. The molecule has 1 aliphatic rings. The fraction of sp³-hybridized carbons (Fsp3) is 0.179. The second-order valence-electron chi connectivity index (χ2n) is 8.85. The molecule has 8 nitrogen and oxygen atoms in total. The van der Waals surface area contributed by atoms with Gasteiger partial charge < -0.3 is 25.0 Å². The van der Waals surface area contributed by atoms with Crippen molar-refractivity contribution in [1.29, 1.82) is 0 Å². The predicted octanol–water partition coefficient (Wildman–Crippen LogP) is 6.76. The van der Waals surface area contributed by atoms with E-state index in [0.717, 1.165) is 16.9 Å². The molecule has 3 amide bonds. The number of anilines is 3. The number of para-hydroxylation sites is 1. The molecule has 200 valence electrons. The van der Waals surface area contributed by atoms with Gasteiger partial charge >= 0.3 is 6.03 Å². The number of alkyl halides is 2. The van der Waals surface area contributed by atoms with Crippen LogP contribution < -0.4 is 15.5 Å². The average Bonchev–Trinajstić information content (AvgIpc) is 3.43. The summed E-state index contributed by atoms with van der Waals surface area (Å²) in [6.07, 6.45) is 0. The molecule has 0 saturated carbocycles. The van der Waals surface area contributed by atoms with E-state index in [4.69, 9.17) is 39.3 Å². The SMILES string of the molecule is O=C(Nc1cccc(-c2cc(-c3c(Cl)cccc3N3CCN(C(=O)Nc4ccccc4)CC3)no2)c1)C(Cl)Cl. The zero-order chi connectivity index (χ0) is 27.4. The fourth-order valence-electron chi connectivity index (χ4n) is 4.38. The molecule has 1 aliphatic heterocycles. The Kier molecular flexibility index (Phi) is 8.26. The number of aromatic nitrogens is 1. The highest BCUT2D eigenvalue weighted by Gasteiger charge is 2.25. The van der Waals surface area contributed by atoms with Crippen LogP contribution in [-0.2, 0) is 4.79 Å². The van der Waals surface area contributed by atoms with Crippen molar-refractivity contribution in [2.45, 2.75) is 4.84 Å². The van der Waals surface area contributed by atoms with Crippen molar-refractivity contribution >= 4 is 63.8 Å². The molecular weight excluding hydrogens is 561 g/mol. The third kappa shape index (κ3) is 6.30. The van der Waals surface area contributed by atoms with Crippen LogP contribution in [0.1, 0.15) is 0 Å². The molecule has 1 aromatic heterocycles. The first kappa shape index (κ1) is 26.9. The number of hydrogen-bond acceptors (Lipinski definition) is 5. The molecule has 0 spiro atoms. The third-order valence-corrected chi connectivity index (χ3v) is 7.01. The van der Waals surface area contributed by atoms with E-state index >= 15 is 0 Å². The van der Waals surface area contributed by atoms with Gasteiger partial charge in [0.05, 0.1) is 5.02 Å². The van der Waals surface area contributed by atoms with Gasteiger partial charge in [-0.05, 0) is 36.4 Å². The average molecular weight is 585 g/mol. The zero-order valence-electron chi connectivity index (χ0n) is 20.6. The van der Waals surface area contributed by atoms with Crippen molar-refractivity contribution in [2.24, 2.45) is 0 Å². The van der Waals surface area contributed by atoms with E-state index in [9.17, 15) is 9.59 Å². The van der Waals surface area contributed by atoms with Crippen molar-refractivity contribution in [2.75, 3.05) is 41.7 Å². The van der Waals surface area contributed by atoms with Crippen molar-refractivity contribution in [1.82, 2.24) is 10.1 Å². The maximum absolute atomic E-state index is 12.7. The molecule has 1 saturated heterocycles.